The fourth-order valence-corrected chi connectivity index (χ4v) is 9.50. The Morgan fingerprint density at radius 2 is 0.576 bits per heavy atom. The Labute approximate surface area is 406 Å². The van der Waals surface area contributed by atoms with Crippen LogP contribution in [0.5, 0.6) is 0 Å². The summed E-state index contributed by atoms with van der Waals surface area (Å²) in [6.07, 6.45) is 48.5. The minimum atomic E-state index is 0.861. The van der Waals surface area contributed by atoms with E-state index in [0.29, 0.717) is 0 Å². The number of unbranched alkanes of at least 4 members (excludes halogenated alkanes) is 30. The van der Waals surface area contributed by atoms with Gasteiger partial charge >= 0.3 is 0 Å². The topological polar surface area (TPSA) is 58.0 Å². The Morgan fingerprint density at radius 1 is 0.288 bits per heavy atom. The van der Waals surface area contributed by atoms with Gasteiger partial charge in [-0.25, -0.2) is 9.97 Å². The highest BCUT2D eigenvalue weighted by Crippen LogP contribution is 2.20. The third-order valence-corrected chi connectivity index (χ3v) is 13.6. The average molecular weight is 901 g/mol. The van der Waals surface area contributed by atoms with Crippen molar-refractivity contribution in [1.29, 1.82) is 0 Å². The van der Waals surface area contributed by atoms with E-state index in [1.165, 1.54) is 205 Å². The van der Waals surface area contributed by atoms with E-state index in [4.69, 9.17) is 9.97 Å². The first-order chi connectivity index (χ1) is 32.7. The van der Waals surface area contributed by atoms with Crippen LogP contribution in [0.15, 0.2) is 85.2 Å². The fraction of sp³-hybridized carbons (Fsp3) is 0.667. The lowest BCUT2D eigenvalue weighted by Gasteiger charge is -2.28. The minimum absolute atomic E-state index is 0.861. The maximum absolute atomic E-state index is 5.13. The van der Waals surface area contributed by atoms with Crippen LogP contribution in [0.4, 0.5) is 0 Å². The zero-order chi connectivity index (χ0) is 46.2. The van der Waals surface area contributed by atoms with Crippen molar-refractivity contribution >= 4 is 0 Å². The molecule has 0 saturated heterocycles. The maximum Gasteiger partial charge on any atom is 0.0890 e. The third kappa shape index (κ3) is 26.8. The molecule has 0 bridgehead atoms. The molecule has 0 saturated carbocycles. The molecule has 6 nitrogen and oxygen atoms in total. The molecule has 0 aromatic carbocycles. The maximum atomic E-state index is 5.13. The Balaban J connectivity index is 1.25. The number of hydrogen-bond donors (Lipinski definition) is 0. The zero-order valence-corrected chi connectivity index (χ0v) is 42.6. The monoisotopic (exact) mass is 901 g/mol. The average Bonchev–Trinajstić information content (AvgIpc) is 3.35. The molecule has 6 heteroatoms. The second-order valence-corrected chi connectivity index (χ2v) is 19.6. The minimum Gasteiger partial charge on any atom is -0.296 e. The predicted octanol–water partition coefficient (Wildman–Crippen LogP) is 17.4. The van der Waals surface area contributed by atoms with Crippen molar-refractivity contribution in [1.82, 2.24) is 29.7 Å². The van der Waals surface area contributed by atoms with Crippen molar-refractivity contribution in [2.24, 2.45) is 0 Å². The molecule has 4 heterocycles. The molecule has 0 N–H and O–H groups in total. The van der Waals surface area contributed by atoms with Gasteiger partial charge in [0.1, 0.15) is 0 Å². The third-order valence-electron chi connectivity index (χ3n) is 13.6. The summed E-state index contributed by atoms with van der Waals surface area (Å²) in [7, 11) is 0. The molecular formula is C60H96N6. The first kappa shape index (κ1) is 55.1. The molecule has 4 rings (SSSR count). The zero-order valence-electron chi connectivity index (χ0n) is 42.6. The fourth-order valence-electron chi connectivity index (χ4n) is 9.50. The SMILES string of the molecule is CCCCCCCCCCCCCCCCCCN(CCN(CCCCCCCCCCCCCCCCCC)Cc1cccc(-c2ccccn2)n1)Cc1cccc(-c2ccccn2)n1. The van der Waals surface area contributed by atoms with E-state index in [1.807, 2.05) is 24.5 Å². The molecule has 0 unspecified atom stereocenters. The molecule has 0 amide bonds. The normalized spacial score (nSPS) is 11.6. The first-order valence-corrected chi connectivity index (χ1v) is 27.9. The standard InChI is InChI=1S/C60H96N6/c1-3-5-7-9-11-13-15-17-19-21-23-25-27-29-31-37-49-65(53-55-41-39-45-59(63-55)57-43-33-35-47-61-57)51-52-66(54-56-42-40-46-60(64-56)58-44-34-36-48-62-58)50-38-32-30-28-26-24-22-20-18-16-14-12-10-8-6-4-2/h33-36,39-48H,3-32,37-38,49-54H2,1-2H3. The molecule has 0 aliphatic carbocycles. The van der Waals surface area contributed by atoms with Crippen LogP contribution in [-0.4, -0.2) is 55.9 Å². The van der Waals surface area contributed by atoms with E-state index in [2.05, 4.69) is 94.3 Å². The highest BCUT2D eigenvalue weighted by Gasteiger charge is 2.14. The second kappa shape index (κ2) is 38.5. The molecule has 0 fully saturated rings. The van der Waals surface area contributed by atoms with Crippen LogP contribution in [0.25, 0.3) is 22.8 Å². The summed E-state index contributed by atoms with van der Waals surface area (Å²) < 4.78 is 0. The van der Waals surface area contributed by atoms with Crippen molar-refractivity contribution in [3.8, 4) is 22.8 Å². The van der Waals surface area contributed by atoms with E-state index in [9.17, 15) is 0 Å². The number of hydrogen-bond acceptors (Lipinski definition) is 6. The van der Waals surface area contributed by atoms with E-state index in [0.717, 1.165) is 73.4 Å². The van der Waals surface area contributed by atoms with Gasteiger partial charge in [-0.05, 0) is 74.5 Å². The summed E-state index contributed by atoms with van der Waals surface area (Å²) in [6.45, 7) is 10.6. The van der Waals surface area contributed by atoms with Gasteiger partial charge in [-0.2, -0.15) is 0 Å². The van der Waals surface area contributed by atoms with Crippen LogP contribution < -0.4 is 0 Å². The van der Waals surface area contributed by atoms with Crippen molar-refractivity contribution in [2.45, 2.75) is 232 Å². The van der Waals surface area contributed by atoms with E-state index in [-0.39, 0.29) is 0 Å². The van der Waals surface area contributed by atoms with E-state index < -0.39 is 0 Å². The van der Waals surface area contributed by atoms with Gasteiger partial charge in [-0.1, -0.05) is 231 Å². The van der Waals surface area contributed by atoms with Crippen LogP contribution in [0.2, 0.25) is 0 Å². The molecule has 0 atom stereocenters. The van der Waals surface area contributed by atoms with Gasteiger partial charge in [-0.15, -0.1) is 0 Å². The molecule has 366 valence electrons. The largest absolute Gasteiger partial charge is 0.296 e. The van der Waals surface area contributed by atoms with Gasteiger partial charge in [-0.3, -0.25) is 19.8 Å². The van der Waals surface area contributed by atoms with Crippen LogP contribution >= 0.6 is 0 Å². The smallest absolute Gasteiger partial charge is 0.0890 e. The number of nitrogens with zero attached hydrogens (tertiary/aromatic N) is 6. The summed E-state index contributed by atoms with van der Waals surface area (Å²) in [5.74, 6) is 0. The molecule has 0 radical (unpaired) electrons. The number of pyridine rings is 4. The van der Waals surface area contributed by atoms with E-state index in [1.54, 1.807) is 0 Å². The Kier molecular flexibility index (Phi) is 32.1. The van der Waals surface area contributed by atoms with Crippen molar-refractivity contribution in [2.75, 3.05) is 26.2 Å². The summed E-state index contributed by atoms with van der Waals surface area (Å²) in [5, 5.41) is 0. The molecular weight excluding hydrogens is 805 g/mol. The molecule has 0 aliphatic rings. The quantitative estimate of drug-likeness (QED) is 0.0413. The number of rotatable bonds is 43. The summed E-state index contributed by atoms with van der Waals surface area (Å²) in [6, 6.07) is 25.1. The molecule has 4 aromatic heterocycles. The van der Waals surface area contributed by atoms with Crippen molar-refractivity contribution < 1.29 is 0 Å². The summed E-state index contributed by atoms with van der Waals surface area (Å²) >= 11 is 0. The van der Waals surface area contributed by atoms with E-state index >= 15 is 0 Å². The van der Waals surface area contributed by atoms with Gasteiger partial charge in [0.25, 0.3) is 0 Å². The highest BCUT2D eigenvalue weighted by molar-refractivity contribution is 5.54. The summed E-state index contributed by atoms with van der Waals surface area (Å²) in [4.78, 5) is 24.8. The Morgan fingerprint density at radius 3 is 0.864 bits per heavy atom. The lowest BCUT2D eigenvalue weighted by Crippen LogP contribution is -2.36. The van der Waals surface area contributed by atoms with Crippen molar-refractivity contribution in [3.63, 3.8) is 0 Å². The van der Waals surface area contributed by atoms with Gasteiger partial charge in [0.05, 0.1) is 34.2 Å². The summed E-state index contributed by atoms with van der Waals surface area (Å²) in [5.41, 5.74) is 6.05. The molecule has 66 heavy (non-hydrogen) atoms. The van der Waals surface area contributed by atoms with Crippen LogP contribution in [0.3, 0.4) is 0 Å². The van der Waals surface area contributed by atoms with Gasteiger partial charge in [0.15, 0.2) is 0 Å². The first-order valence-electron chi connectivity index (χ1n) is 27.9. The van der Waals surface area contributed by atoms with Crippen LogP contribution in [-0.2, 0) is 13.1 Å². The van der Waals surface area contributed by atoms with Crippen LogP contribution in [0, 0.1) is 0 Å². The Bertz CT molecular complexity index is 1560. The molecule has 0 aliphatic heterocycles. The van der Waals surface area contributed by atoms with Crippen LogP contribution in [0.1, 0.15) is 231 Å². The lowest BCUT2D eigenvalue weighted by atomic mass is 10.0. The van der Waals surface area contributed by atoms with Gasteiger partial charge in [0, 0.05) is 38.6 Å². The van der Waals surface area contributed by atoms with Gasteiger partial charge < -0.3 is 0 Å². The van der Waals surface area contributed by atoms with Crippen molar-refractivity contribution in [3.05, 3.63) is 96.6 Å². The lowest BCUT2D eigenvalue weighted by molar-refractivity contribution is 0.185. The predicted molar refractivity (Wildman–Crippen MR) is 285 cm³/mol. The highest BCUT2D eigenvalue weighted by atomic mass is 15.2. The second-order valence-electron chi connectivity index (χ2n) is 19.6. The molecule has 4 aromatic rings. The van der Waals surface area contributed by atoms with Gasteiger partial charge in [0.2, 0.25) is 0 Å². The molecule has 0 spiro atoms. The Hall–Kier alpha value is -3.48. The number of aromatic nitrogens is 4.